The summed E-state index contributed by atoms with van der Waals surface area (Å²) in [5, 5.41) is 2.83. The average molecular weight is 407 g/mol. The summed E-state index contributed by atoms with van der Waals surface area (Å²) in [6.45, 7) is 2.03. The number of carbonyl (C=O) groups is 1. The Hall–Kier alpha value is -2.58. The van der Waals surface area contributed by atoms with Crippen LogP contribution < -0.4 is 14.8 Å². The number of hydrogen-bond donors (Lipinski definition) is 1. The summed E-state index contributed by atoms with van der Waals surface area (Å²) < 4.78 is 35.9. The summed E-state index contributed by atoms with van der Waals surface area (Å²) in [6, 6.07) is 14.6. The van der Waals surface area contributed by atoms with Crippen LogP contribution >= 0.6 is 0 Å². The minimum Gasteiger partial charge on any atom is -0.497 e. The number of hydrogen-bond acceptors (Lipinski definition) is 5. The van der Waals surface area contributed by atoms with Gasteiger partial charge in [-0.15, -0.1) is 0 Å². The van der Waals surface area contributed by atoms with Crippen molar-refractivity contribution < 1.29 is 22.7 Å². The van der Waals surface area contributed by atoms with Crippen LogP contribution in [0.4, 0.5) is 0 Å². The number of carbonyl (C=O) groups excluding carboxylic acids is 1. The smallest absolute Gasteiger partial charge is 0.243 e. The largest absolute Gasteiger partial charge is 0.497 e. The summed E-state index contributed by atoms with van der Waals surface area (Å²) in [6.07, 6.45) is 1.08. The molecular formula is C20H26N2O5S. The summed E-state index contributed by atoms with van der Waals surface area (Å²) in [7, 11) is -0.582. The van der Waals surface area contributed by atoms with E-state index in [1.54, 1.807) is 62.6 Å². The molecule has 0 saturated heterocycles. The second kappa shape index (κ2) is 9.57. The maximum absolute atomic E-state index is 12.8. The predicted molar refractivity (Wildman–Crippen MR) is 108 cm³/mol. The first-order chi connectivity index (χ1) is 13.2. The SMILES string of the molecule is COc1ccc(OC[C@H](C)NC(=O)[C@H](c2ccccc2)N(C)S(C)(=O)=O)cc1. The van der Waals surface area contributed by atoms with Gasteiger partial charge in [-0.2, -0.15) is 4.31 Å². The molecule has 1 N–H and O–H groups in total. The Morgan fingerprint density at radius 3 is 2.18 bits per heavy atom. The number of methoxy groups -OCH3 is 1. The van der Waals surface area contributed by atoms with Crippen molar-refractivity contribution in [2.75, 3.05) is 27.0 Å². The van der Waals surface area contributed by atoms with Crippen LogP contribution in [-0.2, 0) is 14.8 Å². The first kappa shape index (κ1) is 21.7. The van der Waals surface area contributed by atoms with Crippen molar-refractivity contribution in [2.24, 2.45) is 0 Å². The van der Waals surface area contributed by atoms with Gasteiger partial charge in [0.2, 0.25) is 15.9 Å². The van der Waals surface area contributed by atoms with E-state index in [1.165, 1.54) is 7.05 Å². The van der Waals surface area contributed by atoms with E-state index >= 15 is 0 Å². The zero-order valence-corrected chi connectivity index (χ0v) is 17.3. The zero-order chi connectivity index (χ0) is 20.7. The summed E-state index contributed by atoms with van der Waals surface area (Å²) in [5.41, 5.74) is 0.594. The highest BCUT2D eigenvalue weighted by Crippen LogP contribution is 2.22. The maximum atomic E-state index is 12.8. The average Bonchev–Trinajstić information content (AvgIpc) is 2.67. The molecule has 0 bridgehead atoms. The Bertz CT molecular complexity index is 869. The van der Waals surface area contributed by atoms with E-state index in [0.29, 0.717) is 11.3 Å². The number of sulfonamides is 1. The fraction of sp³-hybridized carbons (Fsp3) is 0.350. The van der Waals surface area contributed by atoms with Gasteiger partial charge in [0, 0.05) is 7.05 Å². The monoisotopic (exact) mass is 406 g/mol. The predicted octanol–water partition coefficient (Wildman–Crippen LogP) is 2.21. The van der Waals surface area contributed by atoms with Crippen LogP contribution in [0.25, 0.3) is 0 Å². The molecule has 0 spiro atoms. The molecule has 8 heteroatoms. The molecular weight excluding hydrogens is 380 g/mol. The Morgan fingerprint density at radius 2 is 1.64 bits per heavy atom. The van der Waals surface area contributed by atoms with Crippen molar-refractivity contribution in [1.82, 2.24) is 9.62 Å². The Morgan fingerprint density at radius 1 is 1.07 bits per heavy atom. The first-order valence-electron chi connectivity index (χ1n) is 8.77. The Balaban J connectivity index is 2.05. The molecule has 0 fully saturated rings. The van der Waals surface area contributed by atoms with E-state index in [1.807, 2.05) is 6.07 Å². The van der Waals surface area contributed by atoms with E-state index in [0.717, 1.165) is 16.3 Å². The molecule has 0 aliphatic carbocycles. The first-order valence-corrected chi connectivity index (χ1v) is 10.6. The van der Waals surface area contributed by atoms with Gasteiger partial charge in [0.15, 0.2) is 0 Å². The zero-order valence-electron chi connectivity index (χ0n) is 16.5. The lowest BCUT2D eigenvalue weighted by Crippen LogP contribution is -2.45. The molecule has 2 aromatic rings. The van der Waals surface area contributed by atoms with E-state index in [9.17, 15) is 13.2 Å². The van der Waals surface area contributed by atoms with Gasteiger partial charge in [0.25, 0.3) is 0 Å². The number of amides is 1. The van der Waals surface area contributed by atoms with Gasteiger partial charge in [-0.25, -0.2) is 8.42 Å². The third-order valence-corrected chi connectivity index (χ3v) is 5.46. The molecule has 0 saturated carbocycles. The van der Waals surface area contributed by atoms with Crippen molar-refractivity contribution in [3.63, 3.8) is 0 Å². The molecule has 2 rings (SSSR count). The highest BCUT2D eigenvalue weighted by Gasteiger charge is 2.31. The maximum Gasteiger partial charge on any atom is 0.243 e. The number of likely N-dealkylation sites (N-methyl/N-ethyl adjacent to an activating group) is 1. The van der Waals surface area contributed by atoms with Crippen LogP contribution in [0.15, 0.2) is 54.6 Å². The van der Waals surface area contributed by atoms with Crippen LogP contribution in [0.1, 0.15) is 18.5 Å². The third kappa shape index (κ3) is 5.97. The summed E-state index contributed by atoms with van der Waals surface area (Å²) in [5.74, 6) is 0.961. The quantitative estimate of drug-likeness (QED) is 0.690. The van der Waals surface area contributed by atoms with E-state index in [2.05, 4.69) is 5.32 Å². The van der Waals surface area contributed by atoms with Gasteiger partial charge in [0.05, 0.1) is 19.4 Å². The van der Waals surface area contributed by atoms with Crippen molar-refractivity contribution in [2.45, 2.75) is 19.0 Å². The van der Waals surface area contributed by atoms with Gasteiger partial charge < -0.3 is 14.8 Å². The van der Waals surface area contributed by atoms with Crippen molar-refractivity contribution >= 4 is 15.9 Å². The lowest BCUT2D eigenvalue weighted by Gasteiger charge is -2.27. The molecule has 2 aromatic carbocycles. The Kier molecular flexibility index (Phi) is 7.42. The number of nitrogens with one attached hydrogen (secondary N) is 1. The fourth-order valence-electron chi connectivity index (χ4n) is 2.61. The Labute approximate surface area is 166 Å². The normalized spacial score (nSPS) is 13.6. The minimum absolute atomic E-state index is 0.238. The highest BCUT2D eigenvalue weighted by molar-refractivity contribution is 7.88. The molecule has 0 heterocycles. The van der Waals surface area contributed by atoms with Crippen molar-refractivity contribution in [1.29, 1.82) is 0 Å². The molecule has 0 aliphatic rings. The van der Waals surface area contributed by atoms with Gasteiger partial charge in [-0.3, -0.25) is 4.79 Å². The van der Waals surface area contributed by atoms with Gasteiger partial charge >= 0.3 is 0 Å². The molecule has 0 radical (unpaired) electrons. The van der Waals surface area contributed by atoms with Crippen LogP contribution in [-0.4, -0.2) is 51.7 Å². The van der Waals surface area contributed by atoms with Crippen molar-refractivity contribution in [3.8, 4) is 11.5 Å². The molecule has 2 atom stereocenters. The van der Waals surface area contributed by atoms with Gasteiger partial charge in [-0.05, 0) is 36.8 Å². The topological polar surface area (TPSA) is 84.9 Å². The molecule has 0 aromatic heterocycles. The molecule has 28 heavy (non-hydrogen) atoms. The standard InChI is InChI=1S/C20H26N2O5S/c1-15(14-27-18-12-10-17(26-3)11-13-18)21-20(23)19(22(2)28(4,24)25)16-8-6-5-7-9-16/h5-13,15,19H,14H2,1-4H3,(H,21,23)/t15-,19-/m0/s1. The van der Waals surface area contributed by atoms with E-state index in [-0.39, 0.29) is 12.6 Å². The van der Waals surface area contributed by atoms with E-state index < -0.39 is 22.0 Å². The second-order valence-electron chi connectivity index (χ2n) is 6.49. The number of rotatable bonds is 9. The molecule has 7 nitrogen and oxygen atoms in total. The van der Waals surface area contributed by atoms with Crippen molar-refractivity contribution in [3.05, 3.63) is 60.2 Å². The van der Waals surface area contributed by atoms with Crippen LogP contribution in [0, 0.1) is 0 Å². The third-order valence-electron chi connectivity index (χ3n) is 4.20. The number of benzene rings is 2. The number of nitrogens with zero attached hydrogens (tertiary/aromatic N) is 1. The van der Waals surface area contributed by atoms with Crippen LogP contribution in [0.2, 0.25) is 0 Å². The van der Waals surface area contributed by atoms with Crippen LogP contribution in [0.3, 0.4) is 0 Å². The lowest BCUT2D eigenvalue weighted by atomic mass is 10.1. The molecule has 0 unspecified atom stereocenters. The van der Waals surface area contributed by atoms with E-state index in [4.69, 9.17) is 9.47 Å². The van der Waals surface area contributed by atoms with Crippen LogP contribution in [0.5, 0.6) is 11.5 Å². The fourth-order valence-corrected chi connectivity index (χ4v) is 3.21. The lowest BCUT2D eigenvalue weighted by molar-refractivity contribution is -0.125. The second-order valence-corrected chi connectivity index (χ2v) is 8.53. The van der Waals surface area contributed by atoms with Gasteiger partial charge in [-0.1, -0.05) is 30.3 Å². The molecule has 152 valence electrons. The molecule has 0 aliphatic heterocycles. The summed E-state index contributed by atoms with van der Waals surface area (Å²) in [4.78, 5) is 12.8. The highest BCUT2D eigenvalue weighted by atomic mass is 32.2. The number of ether oxygens (including phenoxy) is 2. The minimum atomic E-state index is -3.56. The summed E-state index contributed by atoms with van der Waals surface area (Å²) >= 11 is 0. The molecule has 1 amide bonds. The van der Waals surface area contributed by atoms with Gasteiger partial charge in [0.1, 0.15) is 24.1 Å².